The van der Waals surface area contributed by atoms with Crippen LogP contribution in [0.2, 0.25) is 0 Å². The highest BCUT2D eigenvalue weighted by Gasteiger charge is 2.33. The summed E-state index contributed by atoms with van der Waals surface area (Å²) in [7, 11) is 0. The van der Waals surface area contributed by atoms with Crippen LogP contribution in [0.25, 0.3) is 0 Å². The minimum atomic E-state index is -0.940. The van der Waals surface area contributed by atoms with Gasteiger partial charge in [-0.2, -0.15) is 0 Å². The predicted octanol–water partition coefficient (Wildman–Crippen LogP) is 1.44. The summed E-state index contributed by atoms with van der Waals surface area (Å²) in [5.41, 5.74) is 1.77. The average Bonchev–Trinajstić information content (AvgIpc) is 2.27. The molecule has 0 spiro atoms. The number of rotatable bonds is 1. The zero-order valence-corrected chi connectivity index (χ0v) is 9.01. The zero-order chi connectivity index (χ0) is 11.7. The third-order valence-electron chi connectivity index (χ3n) is 2.87. The van der Waals surface area contributed by atoms with Crippen LogP contribution >= 0.6 is 0 Å². The number of anilines is 1. The number of nitrogens with zero attached hydrogens (tertiary/aromatic N) is 1. The molecule has 84 valence electrons. The lowest BCUT2D eigenvalue weighted by Crippen LogP contribution is -2.47. The fraction of sp³-hybridized carbons (Fsp3) is 0.333. The molecule has 1 aromatic carbocycles. The van der Waals surface area contributed by atoms with Gasteiger partial charge in [0.15, 0.2) is 0 Å². The Morgan fingerprint density at radius 1 is 1.38 bits per heavy atom. The first-order valence-corrected chi connectivity index (χ1v) is 5.22. The maximum atomic E-state index is 11.5. The number of para-hydroxylation sites is 1. The molecule has 0 bridgehead atoms. The topological polar surface area (TPSA) is 57.6 Å². The fourth-order valence-corrected chi connectivity index (χ4v) is 2.17. The standard InChI is InChI=1S/C12H13NO3/c1-8(14)13-10-5-3-2-4-9(10)6-7-11(13)12(15)16/h2-5,11H,6-7H2,1H3,(H,15,16)/t11-/m0/s1. The van der Waals surface area contributed by atoms with E-state index in [9.17, 15) is 9.59 Å². The highest BCUT2D eigenvalue weighted by Crippen LogP contribution is 2.30. The SMILES string of the molecule is CC(=O)N1c2ccccc2CC[C@H]1C(=O)O. The molecule has 0 aliphatic carbocycles. The van der Waals surface area contributed by atoms with Crippen LogP contribution in [0.15, 0.2) is 24.3 Å². The first-order valence-electron chi connectivity index (χ1n) is 5.22. The summed E-state index contributed by atoms with van der Waals surface area (Å²) in [6.45, 7) is 1.40. The van der Waals surface area contributed by atoms with Crippen molar-refractivity contribution in [2.45, 2.75) is 25.8 Å². The molecule has 0 fully saturated rings. The molecule has 1 aromatic rings. The molecule has 1 heterocycles. The van der Waals surface area contributed by atoms with Crippen molar-refractivity contribution in [2.24, 2.45) is 0 Å². The molecule has 1 aliphatic heterocycles. The largest absolute Gasteiger partial charge is 0.480 e. The van der Waals surface area contributed by atoms with Gasteiger partial charge in [0.25, 0.3) is 0 Å². The molecule has 4 heteroatoms. The molecule has 0 aromatic heterocycles. The maximum absolute atomic E-state index is 11.5. The number of aliphatic carboxylic acids is 1. The van der Waals surface area contributed by atoms with Crippen LogP contribution in [0.1, 0.15) is 18.9 Å². The van der Waals surface area contributed by atoms with Gasteiger partial charge in [0.05, 0.1) is 0 Å². The van der Waals surface area contributed by atoms with Crippen molar-refractivity contribution in [1.29, 1.82) is 0 Å². The third kappa shape index (κ3) is 1.66. The second-order valence-corrected chi connectivity index (χ2v) is 3.91. The molecule has 0 unspecified atom stereocenters. The number of fused-ring (bicyclic) bond motifs is 1. The Balaban J connectivity index is 2.47. The molecule has 16 heavy (non-hydrogen) atoms. The molecule has 2 rings (SSSR count). The van der Waals surface area contributed by atoms with E-state index in [0.29, 0.717) is 12.8 Å². The lowest BCUT2D eigenvalue weighted by atomic mass is 9.96. The maximum Gasteiger partial charge on any atom is 0.326 e. The van der Waals surface area contributed by atoms with Crippen LogP contribution in [0.5, 0.6) is 0 Å². The van der Waals surface area contributed by atoms with E-state index in [1.54, 1.807) is 6.07 Å². The highest BCUT2D eigenvalue weighted by atomic mass is 16.4. The van der Waals surface area contributed by atoms with E-state index in [4.69, 9.17) is 5.11 Å². The van der Waals surface area contributed by atoms with E-state index in [1.165, 1.54) is 11.8 Å². The van der Waals surface area contributed by atoms with Gasteiger partial charge in [0, 0.05) is 12.6 Å². The van der Waals surface area contributed by atoms with Crippen LogP contribution < -0.4 is 4.90 Å². The van der Waals surface area contributed by atoms with Gasteiger partial charge in [-0.1, -0.05) is 18.2 Å². The number of carbonyl (C=O) groups is 2. The van der Waals surface area contributed by atoms with Crippen molar-refractivity contribution in [3.63, 3.8) is 0 Å². The number of carbonyl (C=O) groups excluding carboxylic acids is 1. The van der Waals surface area contributed by atoms with Crippen molar-refractivity contribution in [3.05, 3.63) is 29.8 Å². The van der Waals surface area contributed by atoms with Gasteiger partial charge in [-0.15, -0.1) is 0 Å². The number of amides is 1. The summed E-state index contributed by atoms with van der Waals surface area (Å²) in [6, 6.07) is 6.72. The van der Waals surface area contributed by atoms with E-state index in [0.717, 1.165) is 11.3 Å². The molecule has 1 atom stereocenters. The number of hydrogen-bond donors (Lipinski definition) is 1. The number of benzene rings is 1. The van der Waals surface area contributed by atoms with E-state index in [2.05, 4.69) is 0 Å². The minimum Gasteiger partial charge on any atom is -0.480 e. The molecule has 0 saturated carbocycles. The van der Waals surface area contributed by atoms with Crippen molar-refractivity contribution in [2.75, 3.05) is 4.90 Å². The molecule has 0 radical (unpaired) electrons. The predicted molar refractivity (Wildman–Crippen MR) is 59.3 cm³/mol. The molecular formula is C12H13NO3. The summed E-state index contributed by atoms with van der Waals surface area (Å²) in [5, 5.41) is 9.09. The average molecular weight is 219 g/mol. The van der Waals surface area contributed by atoms with Gasteiger partial charge in [0.1, 0.15) is 6.04 Å². The van der Waals surface area contributed by atoms with E-state index >= 15 is 0 Å². The smallest absolute Gasteiger partial charge is 0.326 e. The van der Waals surface area contributed by atoms with Crippen LogP contribution in [0, 0.1) is 0 Å². The Labute approximate surface area is 93.5 Å². The van der Waals surface area contributed by atoms with Gasteiger partial charge < -0.3 is 5.11 Å². The van der Waals surface area contributed by atoms with E-state index < -0.39 is 12.0 Å². The number of hydrogen-bond acceptors (Lipinski definition) is 2. The Kier molecular flexibility index (Phi) is 2.64. The quantitative estimate of drug-likeness (QED) is 0.777. The highest BCUT2D eigenvalue weighted by molar-refractivity contribution is 5.99. The molecule has 1 amide bonds. The second-order valence-electron chi connectivity index (χ2n) is 3.91. The van der Waals surface area contributed by atoms with Crippen LogP contribution in [-0.4, -0.2) is 23.0 Å². The Hall–Kier alpha value is -1.84. The lowest BCUT2D eigenvalue weighted by Gasteiger charge is -2.33. The molecule has 4 nitrogen and oxygen atoms in total. The molecule has 1 N–H and O–H groups in total. The summed E-state index contributed by atoms with van der Waals surface area (Å²) in [5.74, 6) is -1.16. The van der Waals surface area contributed by atoms with Gasteiger partial charge in [-0.3, -0.25) is 9.69 Å². The van der Waals surface area contributed by atoms with Gasteiger partial charge in [-0.05, 0) is 24.5 Å². The lowest BCUT2D eigenvalue weighted by molar-refractivity contribution is -0.140. The van der Waals surface area contributed by atoms with Crippen LogP contribution in [-0.2, 0) is 16.0 Å². The first-order chi connectivity index (χ1) is 7.61. The van der Waals surface area contributed by atoms with Gasteiger partial charge in [0.2, 0.25) is 5.91 Å². The van der Waals surface area contributed by atoms with Crippen LogP contribution in [0.3, 0.4) is 0 Å². The van der Waals surface area contributed by atoms with Gasteiger partial charge in [-0.25, -0.2) is 4.79 Å². The molecule has 0 saturated heterocycles. The number of carboxylic acids is 1. The van der Waals surface area contributed by atoms with E-state index in [1.807, 2.05) is 18.2 Å². The summed E-state index contributed by atoms with van der Waals surface area (Å²) >= 11 is 0. The van der Waals surface area contributed by atoms with Crippen molar-refractivity contribution in [3.8, 4) is 0 Å². The minimum absolute atomic E-state index is 0.223. The van der Waals surface area contributed by atoms with E-state index in [-0.39, 0.29) is 5.91 Å². The van der Waals surface area contributed by atoms with Crippen molar-refractivity contribution in [1.82, 2.24) is 0 Å². The summed E-state index contributed by atoms with van der Waals surface area (Å²) in [4.78, 5) is 24.0. The second kappa shape index (κ2) is 3.96. The Bertz CT molecular complexity index is 442. The third-order valence-corrected chi connectivity index (χ3v) is 2.87. The monoisotopic (exact) mass is 219 g/mol. The van der Waals surface area contributed by atoms with Gasteiger partial charge >= 0.3 is 5.97 Å². The molecular weight excluding hydrogens is 206 g/mol. The summed E-state index contributed by atoms with van der Waals surface area (Å²) in [6.07, 6.45) is 1.18. The normalized spacial score (nSPS) is 19.1. The molecule has 1 aliphatic rings. The fourth-order valence-electron chi connectivity index (χ4n) is 2.17. The zero-order valence-electron chi connectivity index (χ0n) is 9.01. The summed E-state index contributed by atoms with van der Waals surface area (Å²) < 4.78 is 0. The van der Waals surface area contributed by atoms with Crippen LogP contribution in [0.4, 0.5) is 5.69 Å². The Morgan fingerprint density at radius 3 is 2.69 bits per heavy atom. The number of carboxylic acid groups (broad SMARTS) is 1. The Morgan fingerprint density at radius 2 is 2.06 bits per heavy atom. The number of aryl methyl sites for hydroxylation is 1. The first kappa shape index (κ1) is 10.7. The van der Waals surface area contributed by atoms with Crippen molar-refractivity contribution < 1.29 is 14.7 Å². The van der Waals surface area contributed by atoms with Crippen molar-refractivity contribution >= 4 is 17.6 Å².